The molecule has 1 rings (SSSR count). The van der Waals surface area contributed by atoms with Crippen LogP contribution in [0.2, 0.25) is 0 Å². The minimum atomic E-state index is -1.08. The van der Waals surface area contributed by atoms with Gasteiger partial charge in [0, 0.05) is 11.6 Å². The predicted molar refractivity (Wildman–Crippen MR) is 82.5 cm³/mol. The third-order valence-corrected chi connectivity index (χ3v) is 2.03. The van der Waals surface area contributed by atoms with Gasteiger partial charge in [-0.2, -0.15) is 0 Å². The predicted octanol–water partition coefficient (Wildman–Crippen LogP) is 1.09. The SMILES string of the molecule is C=C(C)C(=O)O.CC=CC(=O)OCC1CO1.O=C(O)CCC(=O)O. The number of carboxylic acid groups (broad SMARTS) is 3. The van der Waals surface area contributed by atoms with E-state index in [0.717, 1.165) is 6.61 Å². The van der Waals surface area contributed by atoms with Crippen molar-refractivity contribution in [1.82, 2.24) is 0 Å². The number of esters is 1. The first-order valence-corrected chi connectivity index (χ1v) is 6.83. The number of carbonyl (C=O) groups is 4. The van der Waals surface area contributed by atoms with Crippen LogP contribution >= 0.6 is 0 Å². The molecule has 9 heteroatoms. The molecule has 0 aromatic rings. The first kappa shape index (κ1) is 23.6. The lowest BCUT2D eigenvalue weighted by Gasteiger charge is -1.95. The van der Waals surface area contributed by atoms with Crippen molar-refractivity contribution in [2.24, 2.45) is 0 Å². The van der Waals surface area contributed by atoms with Crippen molar-refractivity contribution in [1.29, 1.82) is 0 Å². The highest BCUT2D eigenvalue weighted by Gasteiger charge is 2.23. The van der Waals surface area contributed by atoms with Crippen molar-refractivity contribution in [2.45, 2.75) is 32.8 Å². The van der Waals surface area contributed by atoms with Gasteiger partial charge in [-0.15, -0.1) is 0 Å². The lowest BCUT2D eigenvalue weighted by Crippen LogP contribution is -2.06. The quantitative estimate of drug-likeness (QED) is 0.349. The molecule has 0 saturated carbocycles. The van der Waals surface area contributed by atoms with Gasteiger partial charge in [-0.1, -0.05) is 12.7 Å². The fraction of sp³-hybridized carbons (Fsp3) is 0.467. The van der Waals surface area contributed by atoms with Gasteiger partial charge in [0.05, 0.1) is 19.4 Å². The summed E-state index contributed by atoms with van der Waals surface area (Å²) >= 11 is 0. The van der Waals surface area contributed by atoms with E-state index in [-0.39, 0.29) is 30.5 Å². The number of hydrogen-bond acceptors (Lipinski definition) is 6. The molecule has 0 aromatic heterocycles. The van der Waals surface area contributed by atoms with E-state index in [1.54, 1.807) is 13.0 Å². The Morgan fingerprint density at radius 2 is 1.58 bits per heavy atom. The van der Waals surface area contributed by atoms with Gasteiger partial charge in [-0.25, -0.2) is 9.59 Å². The molecule has 1 unspecified atom stereocenters. The number of allylic oxidation sites excluding steroid dienone is 1. The highest BCUT2D eigenvalue weighted by Crippen LogP contribution is 2.08. The Morgan fingerprint density at radius 3 is 1.83 bits per heavy atom. The zero-order valence-electron chi connectivity index (χ0n) is 13.6. The van der Waals surface area contributed by atoms with E-state index in [0.29, 0.717) is 6.61 Å². The third-order valence-electron chi connectivity index (χ3n) is 2.03. The van der Waals surface area contributed by atoms with Crippen LogP contribution in [0, 0.1) is 0 Å². The van der Waals surface area contributed by atoms with Crippen LogP contribution in [0.5, 0.6) is 0 Å². The van der Waals surface area contributed by atoms with Crippen LogP contribution in [0.25, 0.3) is 0 Å². The summed E-state index contributed by atoms with van der Waals surface area (Å²) in [5, 5.41) is 23.7. The van der Waals surface area contributed by atoms with Crippen LogP contribution in [0.4, 0.5) is 0 Å². The first-order valence-electron chi connectivity index (χ1n) is 6.83. The van der Waals surface area contributed by atoms with E-state index in [1.165, 1.54) is 13.0 Å². The summed E-state index contributed by atoms with van der Waals surface area (Å²) in [7, 11) is 0. The van der Waals surface area contributed by atoms with Crippen molar-refractivity contribution < 1.29 is 44.0 Å². The Morgan fingerprint density at radius 1 is 1.17 bits per heavy atom. The minimum Gasteiger partial charge on any atom is -0.481 e. The molecule has 1 atom stereocenters. The zero-order valence-corrected chi connectivity index (χ0v) is 13.6. The van der Waals surface area contributed by atoms with E-state index in [2.05, 4.69) is 6.58 Å². The van der Waals surface area contributed by atoms with Gasteiger partial charge in [0.2, 0.25) is 0 Å². The van der Waals surface area contributed by atoms with Crippen LogP contribution in [-0.2, 0) is 28.7 Å². The molecule has 0 spiro atoms. The normalized spacial score (nSPS) is 14.3. The Hall–Kier alpha value is -2.68. The van der Waals surface area contributed by atoms with Crippen LogP contribution < -0.4 is 0 Å². The van der Waals surface area contributed by atoms with Crippen LogP contribution in [0.15, 0.2) is 24.3 Å². The summed E-state index contributed by atoms with van der Waals surface area (Å²) in [5.41, 5.74) is 0.176. The molecule has 24 heavy (non-hydrogen) atoms. The molecule has 0 radical (unpaired) electrons. The molecule has 9 nitrogen and oxygen atoms in total. The van der Waals surface area contributed by atoms with Crippen LogP contribution in [0.1, 0.15) is 26.7 Å². The number of aliphatic carboxylic acids is 3. The van der Waals surface area contributed by atoms with Crippen molar-refractivity contribution in [2.75, 3.05) is 13.2 Å². The topological polar surface area (TPSA) is 151 Å². The molecule has 3 N–H and O–H groups in total. The molecule has 1 saturated heterocycles. The number of ether oxygens (including phenoxy) is 2. The molecule has 1 fully saturated rings. The van der Waals surface area contributed by atoms with E-state index in [4.69, 9.17) is 24.8 Å². The van der Waals surface area contributed by atoms with E-state index >= 15 is 0 Å². The molecule has 1 aliphatic rings. The lowest BCUT2D eigenvalue weighted by molar-refractivity contribution is -0.143. The largest absolute Gasteiger partial charge is 0.481 e. The maximum absolute atomic E-state index is 10.6. The van der Waals surface area contributed by atoms with Gasteiger partial charge < -0.3 is 24.8 Å². The van der Waals surface area contributed by atoms with Gasteiger partial charge in [0.1, 0.15) is 12.7 Å². The Balaban J connectivity index is 0. The Kier molecular flexibility index (Phi) is 13.7. The fourth-order valence-corrected chi connectivity index (χ4v) is 0.737. The van der Waals surface area contributed by atoms with Gasteiger partial charge in [-0.05, 0) is 13.8 Å². The molecule has 136 valence electrons. The summed E-state index contributed by atoms with van der Waals surface area (Å²) in [6.07, 6.45) is 2.61. The van der Waals surface area contributed by atoms with Gasteiger partial charge >= 0.3 is 23.9 Å². The van der Waals surface area contributed by atoms with E-state index in [9.17, 15) is 19.2 Å². The molecule has 1 heterocycles. The van der Waals surface area contributed by atoms with Crippen molar-refractivity contribution in [3.8, 4) is 0 Å². The maximum Gasteiger partial charge on any atom is 0.330 e. The monoisotopic (exact) mass is 346 g/mol. The molecule has 0 aliphatic carbocycles. The van der Waals surface area contributed by atoms with Crippen molar-refractivity contribution >= 4 is 23.9 Å². The highest BCUT2D eigenvalue weighted by atomic mass is 16.6. The molecule has 0 aromatic carbocycles. The highest BCUT2D eigenvalue weighted by molar-refractivity contribution is 5.84. The average Bonchev–Trinajstić information content (AvgIpc) is 3.29. The number of rotatable bonds is 7. The fourth-order valence-electron chi connectivity index (χ4n) is 0.737. The second-order valence-corrected chi connectivity index (χ2v) is 4.46. The second kappa shape index (κ2) is 13.9. The molecular formula is C15H22O9. The van der Waals surface area contributed by atoms with Gasteiger partial charge in [0.15, 0.2) is 0 Å². The summed E-state index contributed by atoms with van der Waals surface area (Å²) in [6, 6.07) is 0. The van der Waals surface area contributed by atoms with Crippen molar-refractivity contribution in [3.63, 3.8) is 0 Å². The molecular weight excluding hydrogens is 324 g/mol. The summed E-state index contributed by atoms with van der Waals surface area (Å²) in [4.78, 5) is 39.5. The van der Waals surface area contributed by atoms with Gasteiger partial charge in [0.25, 0.3) is 0 Å². The number of carboxylic acids is 3. The zero-order chi connectivity index (χ0) is 19.1. The number of epoxide rings is 1. The second-order valence-electron chi connectivity index (χ2n) is 4.46. The summed E-state index contributed by atoms with van der Waals surface area (Å²) < 4.78 is 9.59. The van der Waals surface area contributed by atoms with Crippen molar-refractivity contribution in [3.05, 3.63) is 24.3 Å². The minimum absolute atomic E-state index is 0.161. The van der Waals surface area contributed by atoms with Crippen LogP contribution in [0.3, 0.4) is 0 Å². The molecule has 1 aliphatic heterocycles. The van der Waals surface area contributed by atoms with E-state index < -0.39 is 17.9 Å². The van der Waals surface area contributed by atoms with E-state index in [1.807, 2.05) is 0 Å². The molecule has 0 amide bonds. The Bertz CT molecular complexity index is 449. The average molecular weight is 346 g/mol. The summed E-state index contributed by atoms with van der Waals surface area (Å²) in [5.74, 6) is -3.38. The smallest absolute Gasteiger partial charge is 0.330 e. The lowest BCUT2D eigenvalue weighted by atomic mass is 10.3. The van der Waals surface area contributed by atoms with Crippen LogP contribution in [-0.4, -0.2) is 58.5 Å². The third kappa shape index (κ3) is 21.6. The number of hydrogen-bond donors (Lipinski definition) is 3. The van der Waals surface area contributed by atoms with Gasteiger partial charge in [-0.3, -0.25) is 9.59 Å². The number of carbonyl (C=O) groups excluding carboxylic acids is 1. The Labute approximate surface area is 139 Å². The first-order chi connectivity index (χ1) is 11.1. The standard InChI is InChI=1S/C7H10O3.C4H6O4.C4H6O2/c1-2-3-7(8)10-5-6-4-9-6;5-3(6)1-2-4(7)8;1-3(2)4(5)6/h2-3,6H,4-5H2,1H3;1-2H2,(H,5,6)(H,7,8);1H2,2H3,(H,5,6). The summed E-state index contributed by atoms with van der Waals surface area (Å²) in [6.45, 7) is 7.49. The maximum atomic E-state index is 10.6. The molecule has 0 bridgehead atoms.